The molecule has 1 aliphatic heterocycles. The number of nitrogens with zero attached hydrogens (tertiary/aromatic N) is 1. The molecule has 4 rings (SSSR count). The molecule has 212 valence electrons. The first-order valence-electron chi connectivity index (χ1n) is 12.4. The number of pyridine rings is 1. The van der Waals surface area contributed by atoms with Gasteiger partial charge in [-0.2, -0.15) is 13.2 Å². The average Bonchev–Trinajstić information content (AvgIpc) is 2.93. The van der Waals surface area contributed by atoms with Gasteiger partial charge in [0.2, 0.25) is 5.88 Å². The van der Waals surface area contributed by atoms with Crippen molar-refractivity contribution in [1.29, 1.82) is 0 Å². The van der Waals surface area contributed by atoms with E-state index in [0.29, 0.717) is 47.0 Å². The molecule has 8 nitrogen and oxygen atoms in total. The molecule has 1 aliphatic rings. The van der Waals surface area contributed by atoms with Gasteiger partial charge in [0.15, 0.2) is 0 Å². The smallest absolute Gasteiger partial charge is 0.433 e. The zero-order valence-electron chi connectivity index (χ0n) is 21.6. The van der Waals surface area contributed by atoms with Crippen LogP contribution in [0.4, 0.5) is 13.2 Å². The van der Waals surface area contributed by atoms with E-state index in [1.165, 1.54) is 13.2 Å². The molecule has 0 saturated carbocycles. The molecule has 1 amide bonds. The Morgan fingerprint density at radius 3 is 2.58 bits per heavy atom. The summed E-state index contributed by atoms with van der Waals surface area (Å²) in [5, 5.41) is 3.00. The third-order valence-electron chi connectivity index (χ3n) is 6.12. The molecule has 2 aromatic carbocycles. The Kier molecular flexibility index (Phi) is 9.03. The summed E-state index contributed by atoms with van der Waals surface area (Å²) in [4.78, 5) is 28.4. The van der Waals surface area contributed by atoms with E-state index in [9.17, 15) is 22.8 Å². The van der Waals surface area contributed by atoms with Gasteiger partial charge < -0.3 is 24.3 Å². The highest BCUT2D eigenvalue weighted by atomic mass is 35.5. The van der Waals surface area contributed by atoms with Crippen molar-refractivity contribution in [2.45, 2.75) is 31.9 Å². The molecule has 0 aliphatic carbocycles. The van der Waals surface area contributed by atoms with E-state index in [1.54, 1.807) is 43.3 Å². The lowest BCUT2D eigenvalue weighted by Gasteiger charge is -2.25. The number of halogens is 4. The second-order valence-corrected chi connectivity index (χ2v) is 9.16. The summed E-state index contributed by atoms with van der Waals surface area (Å²) < 4.78 is 60.3. The summed E-state index contributed by atoms with van der Waals surface area (Å²) in [6.45, 7) is 2.52. The van der Waals surface area contributed by atoms with Gasteiger partial charge >= 0.3 is 12.1 Å². The minimum atomic E-state index is -4.58. The Balaban J connectivity index is 1.37. The fraction of sp³-hybridized carbons (Fsp3) is 0.321. The fourth-order valence-corrected chi connectivity index (χ4v) is 4.37. The van der Waals surface area contributed by atoms with Crippen LogP contribution in [0.1, 0.15) is 46.4 Å². The van der Waals surface area contributed by atoms with Crippen LogP contribution in [0.15, 0.2) is 48.5 Å². The van der Waals surface area contributed by atoms with Gasteiger partial charge in [-0.1, -0.05) is 17.7 Å². The molecule has 1 N–H and O–H groups in total. The zero-order chi connectivity index (χ0) is 28.9. The predicted octanol–water partition coefficient (Wildman–Crippen LogP) is 5.96. The van der Waals surface area contributed by atoms with Gasteiger partial charge in [0, 0.05) is 29.3 Å². The zero-order valence-corrected chi connectivity index (χ0v) is 22.4. The number of amides is 1. The fourth-order valence-electron chi connectivity index (χ4n) is 4.16. The number of hydrogen-bond donors (Lipinski definition) is 1. The first-order valence-corrected chi connectivity index (χ1v) is 12.8. The van der Waals surface area contributed by atoms with Crippen LogP contribution in [-0.2, 0) is 22.1 Å². The summed E-state index contributed by atoms with van der Waals surface area (Å²) in [5.74, 6) is -0.105. The Morgan fingerprint density at radius 1 is 1.15 bits per heavy atom. The minimum Gasteiger partial charge on any atom is -0.493 e. The quantitative estimate of drug-likeness (QED) is 0.313. The highest BCUT2D eigenvalue weighted by Crippen LogP contribution is 2.42. The van der Waals surface area contributed by atoms with Gasteiger partial charge in [-0.3, -0.25) is 9.59 Å². The van der Waals surface area contributed by atoms with Crippen molar-refractivity contribution in [3.63, 3.8) is 0 Å². The Labute approximate surface area is 233 Å². The van der Waals surface area contributed by atoms with E-state index >= 15 is 0 Å². The molecule has 40 heavy (non-hydrogen) atoms. The van der Waals surface area contributed by atoms with Crippen LogP contribution in [0.2, 0.25) is 5.02 Å². The number of nitrogens with one attached hydrogen (secondary N) is 1. The van der Waals surface area contributed by atoms with Crippen LogP contribution >= 0.6 is 11.6 Å². The lowest BCUT2D eigenvalue weighted by atomic mass is 9.93. The van der Waals surface area contributed by atoms with Crippen LogP contribution in [0.3, 0.4) is 0 Å². The van der Waals surface area contributed by atoms with Crippen molar-refractivity contribution >= 4 is 23.5 Å². The number of aromatic nitrogens is 1. The van der Waals surface area contributed by atoms with Gasteiger partial charge in [0.05, 0.1) is 31.3 Å². The summed E-state index contributed by atoms with van der Waals surface area (Å²) >= 11 is 6.43. The molecular weight excluding hydrogens is 553 g/mol. The number of esters is 1. The molecule has 3 aromatic rings. The third kappa shape index (κ3) is 6.77. The summed E-state index contributed by atoms with van der Waals surface area (Å²) in [6.07, 6.45) is -3.88. The third-order valence-corrected chi connectivity index (χ3v) is 6.42. The van der Waals surface area contributed by atoms with Gasteiger partial charge in [0.25, 0.3) is 5.91 Å². The minimum absolute atomic E-state index is 0.145. The van der Waals surface area contributed by atoms with Gasteiger partial charge in [-0.25, -0.2) is 4.98 Å². The Hall–Kier alpha value is -3.99. The number of carbonyl (C=O) groups excluding carboxylic acids is 2. The molecule has 0 spiro atoms. The number of methoxy groups -OCH3 is 1. The van der Waals surface area contributed by atoms with Crippen LogP contribution in [0.25, 0.3) is 0 Å². The largest absolute Gasteiger partial charge is 0.493 e. The van der Waals surface area contributed by atoms with Crippen molar-refractivity contribution < 1.29 is 41.7 Å². The monoisotopic (exact) mass is 578 g/mol. The van der Waals surface area contributed by atoms with E-state index in [0.717, 1.165) is 6.07 Å². The molecule has 2 heterocycles. The van der Waals surface area contributed by atoms with E-state index in [4.69, 9.17) is 30.5 Å². The second-order valence-electron chi connectivity index (χ2n) is 8.76. The molecule has 1 atom stereocenters. The maximum absolute atomic E-state index is 12.9. The SMILES string of the molecule is CCOC(=O)C1CCOc2cc(Oc3ccc(C(=O)NCCc4ccc(C(F)(F)F)nc4OC)cc3)c(Cl)cc21. The number of alkyl halides is 3. The number of hydrogen-bond acceptors (Lipinski definition) is 7. The standard InChI is InChI=1S/C28H26ClF3N2O6/c1-3-38-27(36)19-11-13-39-22-15-23(21(29)14-20(19)22)40-18-7-4-16(5-8-18)25(35)33-12-10-17-6-9-24(28(30,31)32)34-26(17)37-2/h4-9,14-15,19H,3,10-13H2,1-2H3,(H,33,35). The number of rotatable bonds is 9. The maximum Gasteiger partial charge on any atom is 0.433 e. The van der Waals surface area contributed by atoms with Crippen molar-refractivity contribution in [3.05, 3.63) is 75.9 Å². The summed E-state index contributed by atoms with van der Waals surface area (Å²) in [5.41, 5.74) is 0.365. The van der Waals surface area contributed by atoms with Crippen LogP contribution < -0.4 is 19.5 Å². The van der Waals surface area contributed by atoms with Crippen molar-refractivity contribution in [1.82, 2.24) is 10.3 Å². The predicted molar refractivity (Wildman–Crippen MR) is 139 cm³/mol. The number of benzene rings is 2. The highest BCUT2D eigenvalue weighted by Gasteiger charge is 2.33. The lowest BCUT2D eigenvalue weighted by Crippen LogP contribution is -2.25. The molecule has 1 unspecified atom stereocenters. The summed E-state index contributed by atoms with van der Waals surface area (Å²) in [7, 11) is 1.23. The lowest BCUT2D eigenvalue weighted by molar-refractivity contribution is -0.145. The molecule has 0 saturated heterocycles. The molecular formula is C28H26ClF3N2O6. The number of ether oxygens (including phenoxy) is 4. The van der Waals surface area contributed by atoms with E-state index in [2.05, 4.69) is 10.3 Å². The normalized spacial score (nSPS) is 14.5. The van der Waals surface area contributed by atoms with Crippen molar-refractivity contribution in [2.24, 2.45) is 0 Å². The molecule has 1 aromatic heterocycles. The topological polar surface area (TPSA) is 96.0 Å². The molecule has 0 fully saturated rings. The molecule has 0 radical (unpaired) electrons. The summed E-state index contributed by atoms with van der Waals surface area (Å²) in [6, 6.07) is 11.7. The van der Waals surface area contributed by atoms with E-state index in [-0.39, 0.29) is 42.4 Å². The first kappa shape index (κ1) is 29.0. The number of fused-ring (bicyclic) bond motifs is 1. The van der Waals surface area contributed by atoms with Crippen LogP contribution in [-0.4, -0.2) is 43.7 Å². The maximum atomic E-state index is 12.9. The van der Waals surface area contributed by atoms with Gasteiger partial charge in [0.1, 0.15) is 22.9 Å². The average molecular weight is 579 g/mol. The molecule has 0 bridgehead atoms. The van der Waals surface area contributed by atoms with Crippen LogP contribution in [0, 0.1) is 0 Å². The van der Waals surface area contributed by atoms with Gasteiger partial charge in [-0.15, -0.1) is 0 Å². The Bertz CT molecular complexity index is 1380. The highest BCUT2D eigenvalue weighted by molar-refractivity contribution is 6.32. The first-order chi connectivity index (χ1) is 19.1. The number of carbonyl (C=O) groups is 2. The molecule has 12 heteroatoms. The second kappa shape index (κ2) is 12.5. The van der Waals surface area contributed by atoms with Crippen molar-refractivity contribution in [2.75, 3.05) is 26.9 Å². The van der Waals surface area contributed by atoms with E-state index < -0.39 is 17.8 Å². The van der Waals surface area contributed by atoms with Crippen molar-refractivity contribution in [3.8, 4) is 23.1 Å². The van der Waals surface area contributed by atoms with Gasteiger partial charge in [-0.05, 0) is 56.2 Å². The Morgan fingerprint density at radius 2 is 1.90 bits per heavy atom. The van der Waals surface area contributed by atoms with E-state index in [1.807, 2.05) is 0 Å². The van der Waals surface area contributed by atoms with Crippen LogP contribution in [0.5, 0.6) is 23.1 Å².